The van der Waals surface area contributed by atoms with Gasteiger partial charge in [-0.25, -0.2) is 0 Å². The Balaban J connectivity index is 3.09. The second kappa shape index (κ2) is 3.98. The van der Waals surface area contributed by atoms with Gasteiger partial charge in [0.15, 0.2) is 5.75 Å². The van der Waals surface area contributed by atoms with Crippen LogP contribution in [0.1, 0.15) is 5.56 Å². The summed E-state index contributed by atoms with van der Waals surface area (Å²) in [7, 11) is 0. The molecule has 0 aliphatic rings. The number of hydrogen-bond acceptors (Lipinski definition) is 1. The maximum atomic E-state index is 11.9. The van der Waals surface area contributed by atoms with Crippen molar-refractivity contribution in [2.45, 2.75) is 13.3 Å². The van der Waals surface area contributed by atoms with Crippen LogP contribution in [0.3, 0.4) is 0 Å². The Hall–Kier alpha value is -0.420. The fourth-order valence-electron chi connectivity index (χ4n) is 0.900. The molecule has 0 fully saturated rings. The van der Waals surface area contributed by atoms with Crippen LogP contribution in [0.5, 0.6) is 5.75 Å². The molecule has 1 aromatic carbocycles. The van der Waals surface area contributed by atoms with Crippen molar-refractivity contribution in [3.63, 3.8) is 0 Å². The van der Waals surface area contributed by atoms with Crippen LogP contribution in [0.4, 0.5) is 13.2 Å². The summed E-state index contributed by atoms with van der Waals surface area (Å²) in [6, 6.07) is 2.89. The number of aryl methyl sites for hydroxylation is 1. The van der Waals surface area contributed by atoms with Gasteiger partial charge in [0.1, 0.15) is 0 Å². The average molecular weight is 289 g/mol. The van der Waals surface area contributed by atoms with Gasteiger partial charge < -0.3 is 4.74 Å². The van der Waals surface area contributed by atoms with Gasteiger partial charge in [0.25, 0.3) is 0 Å². The zero-order valence-electron chi connectivity index (χ0n) is 6.95. The third kappa shape index (κ3) is 3.06. The number of alkyl halides is 3. The number of hydrogen-bond donors (Lipinski definition) is 0. The Morgan fingerprint density at radius 1 is 1.36 bits per heavy atom. The summed E-state index contributed by atoms with van der Waals surface area (Å²) in [5.74, 6) is -0.412. The van der Waals surface area contributed by atoms with Gasteiger partial charge in [-0.3, -0.25) is 0 Å². The van der Waals surface area contributed by atoms with E-state index in [2.05, 4.69) is 20.7 Å². The molecule has 0 N–H and O–H groups in total. The molecule has 0 aliphatic carbocycles. The minimum Gasteiger partial charge on any atom is -0.403 e. The molecule has 1 aromatic rings. The first-order chi connectivity index (χ1) is 6.29. The molecule has 0 aliphatic heterocycles. The van der Waals surface area contributed by atoms with E-state index < -0.39 is 12.1 Å². The van der Waals surface area contributed by atoms with Gasteiger partial charge in [-0.1, -0.05) is 11.6 Å². The minimum atomic E-state index is -4.73. The molecule has 0 saturated heterocycles. The third-order valence-electron chi connectivity index (χ3n) is 1.36. The summed E-state index contributed by atoms with van der Waals surface area (Å²) < 4.78 is 39.6. The largest absolute Gasteiger partial charge is 0.573 e. The summed E-state index contributed by atoms with van der Waals surface area (Å²) >= 11 is 8.53. The molecule has 1 rings (SSSR count). The molecule has 14 heavy (non-hydrogen) atoms. The van der Waals surface area contributed by atoms with E-state index in [1.54, 1.807) is 6.92 Å². The maximum absolute atomic E-state index is 11.9. The number of halogens is 5. The fraction of sp³-hybridized carbons (Fsp3) is 0.250. The quantitative estimate of drug-likeness (QED) is 0.748. The van der Waals surface area contributed by atoms with E-state index in [0.717, 1.165) is 5.56 Å². The standard InChI is InChI=1S/C8H5BrClF3O/c1-4-2-5(9)7(6(10)3-4)14-8(11,12)13/h2-3H,1H3. The first-order valence-electron chi connectivity index (χ1n) is 3.51. The SMILES string of the molecule is Cc1cc(Cl)c(OC(F)(F)F)c(Br)c1. The normalized spacial score (nSPS) is 11.6. The lowest BCUT2D eigenvalue weighted by Gasteiger charge is -2.12. The Bertz CT molecular complexity index is 328. The molecule has 0 spiro atoms. The van der Waals surface area contributed by atoms with Crippen molar-refractivity contribution in [3.8, 4) is 5.75 Å². The van der Waals surface area contributed by atoms with E-state index in [4.69, 9.17) is 11.6 Å². The summed E-state index contributed by atoms with van der Waals surface area (Å²) in [6.07, 6.45) is -4.73. The lowest BCUT2D eigenvalue weighted by Crippen LogP contribution is -2.17. The van der Waals surface area contributed by atoms with Gasteiger partial charge in [-0.2, -0.15) is 0 Å². The molecule has 0 bridgehead atoms. The van der Waals surface area contributed by atoms with Gasteiger partial charge in [0.05, 0.1) is 9.50 Å². The predicted octanol–water partition coefficient (Wildman–Crippen LogP) is 4.31. The lowest BCUT2D eigenvalue weighted by molar-refractivity contribution is -0.274. The Kier molecular flexibility index (Phi) is 3.32. The number of benzene rings is 1. The first kappa shape index (κ1) is 11.7. The average Bonchev–Trinajstić information content (AvgIpc) is 1.95. The highest BCUT2D eigenvalue weighted by atomic mass is 79.9. The molecular weight excluding hydrogens is 284 g/mol. The number of rotatable bonds is 1. The van der Waals surface area contributed by atoms with Crippen molar-refractivity contribution in [2.75, 3.05) is 0 Å². The molecule has 0 radical (unpaired) electrons. The lowest BCUT2D eigenvalue weighted by atomic mass is 10.2. The first-order valence-corrected chi connectivity index (χ1v) is 4.68. The zero-order valence-corrected chi connectivity index (χ0v) is 9.29. The van der Waals surface area contributed by atoms with Crippen LogP contribution in [-0.4, -0.2) is 6.36 Å². The monoisotopic (exact) mass is 288 g/mol. The van der Waals surface area contributed by atoms with Crippen LogP contribution >= 0.6 is 27.5 Å². The van der Waals surface area contributed by atoms with E-state index in [1.165, 1.54) is 12.1 Å². The fourth-order valence-corrected chi connectivity index (χ4v) is 1.98. The van der Waals surface area contributed by atoms with Gasteiger partial charge in [0, 0.05) is 0 Å². The highest BCUT2D eigenvalue weighted by Gasteiger charge is 2.33. The van der Waals surface area contributed by atoms with Crippen LogP contribution in [0.2, 0.25) is 5.02 Å². The van der Waals surface area contributed by atoms with E-state index >= 15 is 0 Å². The molecule has 0 saturated carbocycles. The molecule has 6 heteroatoms. The highest BCUT2D eigenvalue weighted by Crippen LogP contribution is 2.37. The molecule has 0 heterocycles. The van der Waals surface area contributed by atoms with Crippen molar-refractivity contribution in [1.82, 2.24) is 0 Å². The third-order valence-corrected chi connectivity index (χ3v) is 2.23. The summed E-state index contributed by atoms with van der Waals surface area (Å²) in [5.41, 5.74) is 0.747. The van der Waals surface area contributed by atoms with Crippen LogP contribution in [0.15, 0.2) is 16.6 Å². The van der Waals surface area contributed by atoms with Gasteiger partial charge in [-0.15, -0.1) is 13.2 Å². The van der Waals surface area contributed by atoms with Crippen LogP contribution in [-0.2, 0) is 0 Å². The molecule has 0 amide bonds. The topological polar surface area (TPSA) is 9.23 Å². The Morgan fingerprint density at radius 3 is 2.36 bits per heavy atom. The second-order valence-corrected chi connectivity index (χ2v) is 3.87. The van der Waals surface area contributed by atoms with E-state index in [1.807, 2.05) is 0 Å². The molecule has 0 aromatic heterocycles. The van der Waals surface area contributed by atoms with Crippen molar-refractivity contribution in [3.05, 3.63) is 27.2 Å². The van der Waals surface area contributed by atoms with Crippen LogP contribution < -0.4 is 4.74 Å². The van der Waals surface area contributed by atoms with Crippen molar-refractivity contribution in [2.24, 2.45) is 0 Å². The number of ether oxygens (including phenoxy) is 1. The minimum absolute atomic E-state index is 0.0748. The predicted molar refractivity (Wildman–Crippen MR) is 50.6 cm³/mol. The summed E-state index contributed by atoms with van der Waals surface area (Å²) in [5, 5.41) is -0.0748. The van der Waals surface area contributed by atoms with Crippen LogP contribution in [0, 0.1) is 6.92 Å². The highest BCUT2D eigenvalue weighted by molar-refractivity contribution is 9.10. The smallest absolute Gasteiger partial charge is 0.403 e. The molecular formula is C8H5BrClF3O. The summed E-state index contributed by atoms with van der Waals surface area (Å²) in [6.45, 7) is 1.72. The van der Waals surface area contributed by atoms with E-state index in [-0.39, 0.29) is 9.50 Å². The molecule has 0 atom stereocenters. The van der Waals surface area contributed by atoms with Crippen molar-refractivity contribution < 1.29 is 17.9 Å². The maximum Gasteiger partial charge on any atom is 0.573 e. The summed E-state index contributed by atoms with van der Waals surface area (Å²) in [4.78, 5) is 0. The van der Waals surface area contributed by atoms with Gasteiger partial charge in [-0.05, 0) is 40.5 Å². The molecule has 1 nitrogen and oxygen atoms in total. The van der Waals surface area contributed by atoms with Crippen LogP contribution in [0.25, 0.3) is 0 Å². The van der Waals surface area contributed by atoms with Gasteiger partial charge in [0.2, 0.25) is 0 Å². The zero-order chi connectivity index (χ0) is 10.9. The Morgan fingerprint density at radius 2 is 1.93 bits per heavy atom. The second-order valence-electron chi connectivity index (χ2n) is 2.61. The van der Waals surface area contributed by atoms with Crippen molar-refractivity contribution >= 4 is 27.5 Å². The van der Waals surface area contributed by atoms with Crippen molar-refractivity contribution in [1.29, 1.82) is 0 Å². The Labute approximate surface area is 91.9 Å². The van der Waals surface area contributed by atoms with E-state index in [0.29, 0.717) is 0 Å². The molecule has 0 unspecified atom stereocenters. The van der Waals surface area contributed by atoms with Gasteiger partial charge >= 0.3 is 6.36 Å². The molecule has 78 valence electrons. The van der Waals surface area contributed by atoms with E-state index in [9.17, 15) is 13.2 Å².